The molecule has 1 atom stereocenters. The van der Waals surface area contributed by atoms with E-state index in [2.05, 4.69) is 59.5 Å². The fraction of sp³-hybridized carbons (Fsp3) is 0.550. The van der Waals surface area contributed by atoms with Crippen molar-refractivity contribution in [2.75, 3.05) is 13.6 Å². The average molecular weight is 358 g/mol. The van der Waals surface area contributed by atoms with Crippen LogP contribution in [0.4, 0.5) is 0 Å². The van der Waals surface area contributed by atoms with Crippen LogP contribution in [-0.2, 0) is 19.4 Å². The van der Waals surface area contributed by atoms with Gasteiger partial charge in [0.25, 0.3) is 0 Å². The number of aromatic nitrogens is 2. The van der Waals surface area contributed by atoms with Crippen molar-refractivity contribution in [2.24, 2.45) is 10.9 Å². The number of nitrogens with one attached hydrogen (secondary N) is 2. The molecule has 2 N–H and O–H groups in total. The Morgan fingerprint density at radius 3 is 2.62 bits per heavy atom. The number of nitrogens with zero attached hydrogens (tertiary/aromatic N) is 3. The van der Waals surface area contributed by atoms with E-state index < -0.39 is 0 Å². The highest BCUT2D eigenvalue weighted by molar-refractivity contribution is 5.79. The fourth-order valence-electron chi connectivity index (χ4n) is 3.07. The molecule has 2 aromatic heterocycles. The summed E-state index contributed by atoms with van der Waals surface area (Å²) in [5, 5.41) is 11.0. The van der Waals surface area contributed by atoms with Crippen molar-refractivity contribution in [1.29, 1.82) is 0 Å². The monoisotopic (exact) mass is 357 g/mol. The second-order valence-corrected chi connectivity index (χ2v) is 6.68. The van der Waals surface area contributed by atoms with E-state index in [4.69, 9.17) is 4.52 Å². The number of rotatable bonds is 8. The lowest BCUT2D eigenvalue weighted by Crippen LogP contribution is -2.40. The van der Waals surface area contributed by atoms with Gasteiger partial charge in [-0.15, -0.1) is 0 Å². The van der Waals surface area contributed by atoms with Gasteiger partial charge in [-0.3, -0.25) is 9.98 Å². The quantitative estimate of drug-likeness (QED) is 0.560. The minimum absolute atomic E-state index is 0.371. The highest BCUT2D eigenvalue weighted by Gasteiger charge is 2.17. The van der Waals surface area contributed by atoms with Gasteiger partial charge >= 0.3 is 0 Å². The van der Waals surface area contributed by atoms with Crippen LogP contribution in [0.15, 0.2) is 34.0 Å². The molecule has 0 aromatic carbocycles. The van der Waals surface area contributed by atoms with Crippen molar-refractivity contribution < 1.29 is 4.52 Å². The Morgan fingerprint density at radius 1 is 1.23 bits per heavy atom. The summed E-state index contributed by atoms with van der Waals surface area (Å²) in [5.41, 5.74) is 3.40. The Labute approximate surface area is 156 Å². The molecule has 2 heterocycles. The molecule has 6 nitrogen and oxygen atoms in total. The van der Waals surface area contributed by atoms with Crippen LogP contribution in [0.2, 0.25) is 0 Å². The maximum absolute atomic E-state index is 5.43. The molecule has 0 bridgehead atoms. The lowest BCUT2D eigenvalue weighted by Gasteiger charge is -2.23. The molecule has 0 saturated heterocycles. The van der Waals surface area contributed by atoms with Crippen LogP contribution in [0.1, 0.15) is 56.2 Å². The summed E-state index contributed by atoms with van der Waals surface area (Å²) in [6.07, 6.45) is 5.46. The molecule has 0 fully saturated rings. The van der Waals surface area contributed by atoms with Crippen LogP contribution < -0.4 is 10.6 Å². The van der Waals surface area contributed by atoms with Crippen molar-refractivity contribution in [3.05, 3.63) is 47.1 Å². The van der Waals surface area contributed by atoms with Gasteiger partial charge < -0.3 is 15.2 Å². The molecule has 26 heavy (non-hydrogen) atoms. The van der Waals surface area contributed by atoms with E-state index in [-0.39, 0.29) is 0 Å². The largest absolute Gasteiger partial charge is 0.361 e. The summed E-state index contributed by atoms with van der Waals surface area (Å²) in [7, 11) is 1.79. The zero-order chi connectivity index (χ0) is 18.9. The molecule has 0 saturated carbocycles. The molecule has 0 spiro atoms. The lowest BCUT2D eigenvalue weighted by atomic mass is 9.89. The van der Waals surface area contributed by atoms with Gasteiger partial charge in [-0.2, -0.15) is 0 Å². The Morgan fingerprint density at radius 2 is 2.04 bits per heavy atom. The maximum atomic E-state index is 5.43. The minimum atomic E-state index is 0.371. The van der Waals surface area contributed by atoms with Crippen LogP contribution in [0.3, 0.4) is 0 Å². The van der Waals surface area contributed by atoms with E-state index in [1.54, 1.807) is 7.05 Å². The number of guanidine groups is 1. The third-order valence-corrected chi connectivity index (χ3v) is 4.67. The van der Waals surface area contributed by atoms with Gasteiger partial charge in [0.2, 0.25) is 0 Å². The molecular weight excluding hydrogens is 326 g/mol. The molecule has 0 amide bonds. The Hall–Kier alpha value is -2.37. The summed E-state index contributed by atoms with van der Waals surface area (Å²) in [6, 6.07) is 4.12. The molecule has 0 aliphatic rings. The number of pyridine rings is 1. The van der Waals surface area contributed by atoms with Gasteiger partial charge in [-0.1, -0.05) is 38.9 Å². The molecule has 142 valence electrons. The topological polar surface area (TPSA) is 75.3 Å². The number of aliphatic imine (C=N–C) groups is 1. The van der Waals surface area contributed by atoms with Crippen molar-refractivity contribution in [1.82, 2.24) is 20.8 Å². The van der Waals surface area contributed by atoms with E-state index in [1.165, 1.54) is 5.56 Å². The van der Waals surface area contributed by atoms with Crippen molar-refractivity contribution in [2.45, 2.75) is 53.0 Å². The van der Waals surface area contributed by atoms with Crippen LogP contribution in [-0.4, -0.2) is 29.7 Å². The summed E-state index contributed by atoms with van der Waals surface area (Å²) >= 11 is 0. The first-order chi connectivity index (χ1) is 12.6. The van der Waals surface area contributed by atoms with Crippen molar-refractivity contribution in [3.8, 4) is 0 Å². The van der Waals surface area contributed by atoms with Crippen LogP contribution in [0.25, 0.3) is 0 Å². The molecule has 1 unspecified atom stereocenters. The van der Waals surface area contributed by atoms with Crippen LogP contribution in [0, 0.1) is 5.92 Å². The highest BCUT2D eigenvalue weighted by atomic mass is 16.5. The fourth-order valence-corrected chi connectivity index (χ4v) is 3.07. The molecule has 0 aliphatic heterocycles. The minimum Gasteiger partial charge on any atom is -0.361 e. The summed E-state index contributed by atoms with van der Waals surface area (Å²) in [6.45, 7) is 10.1. The molecule has 2 rings (SSSR count). The summed E-state index contributed by atoms with van der Waals surface area (Å²) in [4.78, 5) is 8.60. The standard InChI is InChI=1S/C20H31N5O/c1-6-18-17(19(7-2)26-25-18)13-24-20(21-5)23-12-16(14(3)4)15-9-8-10-22-11-15/h8-11,14,16H,6-7,12-13H2,1-5H3,(H2,21,23,24). The summed E-state index contributed by atoms with van der Waals surface area (Å²) < 4.78 is 5.43. The Kier molecular flexibility index (Phi) is 7.63. The highest BCUT2D eigenvalue weighted by Crippen LogP contribution is 2.22. The zero-order valence-electron chi connectivity index (χ0n) is 16.5. The molecular formula is C20H31N5O. The van der Waals surface area contributed by atoms with Crippen LogP contribution >= 0.6 is 0 Å². The average Bonchev–Trinajstić information content (AvgIpc) is 3.07. The van der Waals surface area contributed by atoms with Gasteiger partial charge in [0.05, 0.1) is 5.69 Å². The Bertz CT molecular complexity index is 672. The van der Waals surface area contributed by atoms with Gasteiger partial charge in [0, 0.05) is 50.4 Å². The number of hydrogen-bond acceptors (Lipinski definition) is 4. The molecule has 6 heteroatoms. The first kappa shape index (κ1) is 19.9. The second kappa shape index (κ2) is 9.94. The first-order valence-corrected chi connectivity index (χ1v) is 9.41. The third kappa shape index (κ3) is 5.07. The van der Waals surface area contributed by atoms with Gasteiger partial charge in [0.1, 0.15) is 5.76 Å². The molecule has 0 radical (unpaired) electrons. The van der Waals surface area contributed by atoms with E-state index in [0.29, 0.717) is 18.4 Å². The normalized spacial score (nSPS) is 13.1. The number of aryl methyl sites for hydroxylation is 2. The van der Waals surface area contributed by atoms with Gasteiger partial charge in [-0.25, -0.2) is 0 Å². The van der Waals surface area contributed by atoms with E-state index in [0.717, 1.165) is 42.4 Å². The second-order valence-electron chi connectivity index (χ2n) is 6.68. The predicted octanol–water partition coefficient (Wildman–Crippen LogP) is 3.30. The first-order valence-electron chi connectivity index (χ1n) is 9.41. The zero-order valence-corrected chi connectivity index (χ0v) is 16.5. The SMILES string of the molecule is CCc1noc(CC)c1CNC(=NC)NCC(c1cccnc1)C(C)C. The third-order valence-electron chi connectivity index (χ3n) is 4.67. The van der Waals surface area contributed by atoms with Gasteiger partial charge in [-0.05, 0) is 24.0 Å². The van der Waals surface area contributed by atoms with E-state index >= 15 is 0 Å². The Balaban J connectivity index is 1.98. The van der Waals surface area contributed by atoms with Crippen LogP contribution in [0.5, 0.6) is 0 Å². The summed E-state index contributed by atoms with van der Waals surface area (Å²) in [5.74, 6) is 2.60. The smallest absolute Gasteiger partial charge is 0.191 e. The van der Waals surface area contributed by atoms with Crippen molar-refractivity contribution >= 4 is 5.96 Å². The number of hydrogen-bond donors (Lipinski definition) is 2. The lowest BCUT2D eigenvalue weighted by molar-refractivity contribution is 0.380. The van der Waals surface area contributed by atoms with E-state index in [9.17, 15) is 0 Å². The van der Waals surface area contributed by atoms with Gasteiger partial charge in [0.15, 0.2) is 5.96 Å². The predicted molar refractivity (Wildman–Crippen MR) is 105 cm³/mol. The van der Waals surface area contributed by atoms with Crippen molar-refractivity contribution in [3.63, 3.8) is 0 Å². The van der Waals surface area contributed by atoms with E-state index in [1.807, 2.05) is 18.5 Å². The molecule has 0 aliphatic carbocycles. The molecule has 2 aromatic rings. The maximum Gasteiger partial charge on any atom is 0.191 e.